The smallest absolute Gasteiger partial charge is 0.287 e. The highest BCUT2D eigenvalue weighted by molar-refractivity contribution is 14.1. The molecule has 0 N–H and O–H groups in total. The van der Waals surface area contributed by atoms with Gasteiger partial charge in [-0.15, -0.1) is 0 Å². The zero-order valence-corrected chi connectivity index (χ0v) is 9.84. The van der Waals surface area contributed by atoms with Crippen molar-refractivity contribution in [3.05, 3.63) is 33.1 Å². The quantitative estimate of drug-likeness (QED) is 0.614. The fourth-order valence-electron chi connectivity index (χ4n) is 0.910. The lowest BCUT2D eigenvalue weighted by atomic mass is 9.75. The summed E-state index contributed by atoms with van der Waals surface area (Å²) in [5.41, 5.74) is 0.911. The van der Waals surface area contributed by atoms with Crippen LogP contribution in [0.1, 0.15) is 5.56 Å². The second kappa shape index (κ2) is 4.95. The number of hydrogen-bond acceptors (Lipinski definition) is 1. The number of hydrogen-bond donors (Lipinski definition) is 0. The molecular formula is C9H11BFIO. The van der Waals surface area contributed by atoms with E-state index in [-0.39, 0.29) is 12.7 Å². The molecule has 0 unspecified atom stereocenters. The Kier molecular flexibility index (Phi) is 4.19. The Bertz CT molecular complexity index is 291. The molecule has 0 atom stereocenters. The lowest BCUT2D eigenvalue weighted by Crippen LogP contribution is -2.08. The van der Waals surface area contributed by atoms with Gasteiger partial charge < -0.3 is 4.65 Å². The van der Waals surface area contributed by atoms with Crippen LogP contribution in [-0.4, -0.2) is 6.92 Å². The summed E-state index contributed by atoms with van der Waals surface area (Å²) >= 11 is 2.18. The molecule has 1 nitrogen and oxygen atoms in total. The van der Waals surface area contributed by atoms with Crippen LogP contribution in [0.3, 0.4) is 0 Å². The first-order chi connectivity index (χ1) is 6.09. The van der Waals surface area contributed by atoms with Gasteiger partial charge in [-0.25, -0.2) is 4.39 Å². The van der Waals surface area contributed by atoms with E-state index in [2.05, 4.69) is 22.6 Å². The Labute approximate surface area is 91.9 Å². The summed E-state index contributed by atoms with van der Waals surface area (Å²) < 4.78 is 19.2. The summed E-state index contributed by atoms with van der Waals surface area (Å²) in [5.74, 6) is -0.206. The van der Waals surface area contributed by atoms with Crippen LogP contribution in [0.4, 0.5) is 4.39 Å². The maximum absolute atomic E-state index is 12.8. The van der Waals surface area contributed by atoms with Crippen molar-refractivity contribution in [3.8, 4) is 0 Å². The fraction of sp³-hybridized carbons (Fsp3) is 0.333. The first-order valence-corrected chi connectivity index (χ1v) is 5.23. The van der Waals surface area contributed by atoms with Gasteiger partial charge in [-0.3, -0.25) is 0 Å². The summed E-state index contributed by atoms with van der Waals surface area (Å²) in [6.45, 7) is 4.59. The third-order valence-electron chi connectivity index (χ3n) is 1.58. The first kappa shape index (κ1) is 11.0. The van der Waals surface area contributed by atoms with Crippen LogP contribution in [0.15, 0.2) is 18.2 Å². The first-order valence-electron chi connectivity index (χ1n) is 4.15. The summed E-state index contributed by atoms with van der Waals surface area (Å²) in [6.07, 6.45) is 0. The van der Waals surface area contributed by atoms with Crippen LogP contribution in [0.25, 0.3) is 0 Å². The van der Waals surface area contributed by atoms with Crippen molar-refractivity contribution in [2.75, 3.05) is 0 Å². The fourth-order valence-corrected chi connectivity index (χ4v) is 1.40. The van der Waals surface area contributed by atoms with E-state index in [0.29, 0.717) is 6.61 Å². The maximum Gasteiger partial charge on any atom is 0.287 e. The van der Waals surface area contributed by atoms with E-state index in [1.54, 1.807) is 6.07 Å². The molecule has 0 spiro atoms. The Morgan fingerprint density at radius 1 is 1.46 bits per heavy atom. The van der Waals surface area contributed by atoms with Crippen molar-refractivity contribution in [2.24, 2.45) is 0 Å². The van der Waals surface area contributed by atoms with Gasteiger partial charge in [0.1, 0.15) is 5.82 Å². The van der Waals surface area contributed by atoms with E-state index < -0.39 is 0 Å². The zero-order valence-electron chi connectivity index (χ0n) is 7.68. The normalized spacial score (nSPS) is 10.2. The van der Waals surface area contributed by atoms with Gasteiger partial charge in [0.15, 0.2) is 0 Å². The lowest BCUT2D eigenvalue weighted by Gasteiger charge is -2.07. The molecule has 0 aliphatic heterocycles. The van der Waals surface area contributed by atoms with Gasteiger partial charge in [0, 0.05) is 3.57 Å². The molecule has 0 aliphatic carbocycles. The van der Waals surface area contributed by atoms with Crippen molar-refractivity contribution in [3.63, 3.8) is 0 Å². The summed E-state index contributed by atoms with van der Waals surface area (Å²) in [6, 6.07) is 4.74. The molecule has 0 aliphatic rings. The van der Waals surface area contributed by atoms with Gasteiger partial charge >= 0.3 is 0 Å². The number of benzene rings is 1. The predicted molar refractivity (Wildman–Crippen MR) is 61.4 cm³/mol. The molecule has 13 heavy (non-hydrogen) atoms. The molecule has 4 heteroatoms. The molecule has 0 bridgehead atoms. The van der Waals surface area contributed by atoms with Gasteiger partial charge in [-0.2, -0.15) is 0 Å². The van der Waals surface area contributed by atoms with Crippen molar-refractivity contribution in [1.82, 2.24) is 0 Å². The minimum atomic E-state index is -0.206. The van der Waals surface area contributed by atoms with Crippen molar-refractivity contribution in [1.29, 1.82) is 0 Å². The summed E-state index contributed by atoms with van der Waals surface area (Å²) in [7, 11) is 0. The summed E-state index contributed by atoms with van der Waals surface area (Å²) in [4.78, 5) is 0. The molecule has 0 radical (unpaired) electrons. The third-order valence-corrected chi connectivity index (χ3v) is 2.63. The topological polar surface area (TPSA) is 9.23 Å². The molecule has 0 saturated heterocycles. The number of rotatable bonds is 3. The lowest BCUT2D eigenvalue weighted by molar-refractivity contribution is 0.313. The SMILES string of the molecule is CB(C)OCc1cc(F)ccc1I. The average Bonchev–Trinajstić information content (AvgIpc) is 2.06. The van der Waals surface area contributed by atoms with Crippen LogP contribution in [0.2, 0.25) is 13.6 Å². The monoisotopic (exact) mass is 292 g/mol. The van der Waals surface area contributed by atoms with Crippen LogP contribution in [0.5, 0.6) is 0 Å². The molecule has 0 fully saturated rings. The second-order valence-corrected chi connectivity index (χ2v) is 4.26. The van der Waals surface area contributed by atoms with E-state index in [1.165, 1.54) is 12.1 Å². The largest absolute Gasteiger partial charge is 0.432 e. The molecule has 1 aromatic carbocycles. The molecule has 70 valence electrons. The number of halogens is 2. The van der Waals surface area contributed by atoms with Gasteiger partial charge in [0.25, 0.3) is 6.92 Å². The minimum Gasteiger partial charge on any atom is -0.432 e. The van der Waals surface area contributed by atoms with E-state index in [0.717, 1.165) is 9.13 Å². The van der Waals surface area contributed by atoms with E-state index in [4.69, 9.17) is 4.65 Å². The summed E-state index contributed by atoms with van der Waals surface area (Å²) in [5, 5.41) is 0. The van der Waals surface area contributed by atoms with Crippen molar-refractivity contribution in [2.45, 2.75) is 20.3 Å². The minimum absolute atomic E-state index is 0.180. The zero-order chi connectivity index (χ0) is 9.84. The standard InChI is InChI=1S/C9H11BFIO/c1-10(2)13-6-7-5-8(11)3-4-9(7)12/h3-5H,6H2,1-2H3. The third kappa shape index (κ3) is 3.64. The van der Waals surface area contributed by atoms with Crippen molar-refractivity contribution < 1.29 is 9.04 Å². The van der Waals surface area contributed by atoms with Gasteiger partial charge in [0.05, 0.1) is 6.61 Å². The Morgan fingerprint density at radius 3 is 2.77 bits per heavy atom. The van der Waals surface area contributed by atoms with Crippen molar-refractivity contribution >= 4 is 29.5 Å². The molecule has 0 saturated carbocycles. The molecular weight excluding hydrogens is 281 g/mol. The van der Waals surface area contributed by atoms with Gasteiger partial charge in [0.2, 0.25) is 0 Å². The van der Waals surface area contributed by atoms with Crippen LogP contribution < -0.4 is 0 Å². The highest BCUT2D eigenvalue weighted by Crippen LogP contribution is 2.14. The van der Waals surface area contributed by atoms with Crippen LogP contribution in [0, 0.1) is 9.39 Å². The Morgan fingerprint density at radius 2 is 2.15 bits per heavy atom. The second-order valence-electron chi connectivity index (χ2n) is 3.10. The van der Waals surface area contributed by atoms with Crippen LogP contribution in [-0.2, 0) is 11.3 Å². The van der Waals surface area contributed by atoms with E-state index in [1.807, 2.05) is 13.6 Å². The highest BCUT2D eigenvalue weighted by Gasteiger charge is 2.04. The molecule has 1 aromatic rings. The van der Waals surface area contributed by atoms with Gasteiger partial charge in [-0.05, 0) is 46.4 Å². The Balaban J connectivity index is 2.70. The van der Waals surface area contributed by atoms with Crippen LogP contribution >= 0.6 is 22.6 Å². The predicted octanol–water partition coefficient (Wildman–Crippen LogP) is 3.20. The molecule has 0 heterocycles. The highest BCUT2D eigenvalue weighted by atomic mass is 127. The molecule has 0 aromatic heterocycles. The Hall–Kier alpha value is -0.0951. The molecule has 1 rings (SSSR count). The molecule has 0 amide bonds. The van der Waals surface area contributed by atoms with E-state index in [9.17, 15) is 4.39 Å². The average molecular weight is 292 g/mol. The van der Waals surface area contributed by atoms with E-state index >= 15 is 0 Å². The van der Waals surface area contributed by atoms with Gasteiger partial charge in [-0.1, -0.05) is 13.6 Å². The maximum atomic E-state index is 12.8.